The van der Waals surface area contributed by atoms with E-state index in [9.17, 15) is 9.18 Å². The van der Waals surface area contributed by atoms with E-state index < -0.39 is 11.8 Å². The maximum absolute atomic E-state index is 13.2. The van der Waals surface area contributed by atoms with E-state index in [1.807, 2.05) is 25.1 Å². The van der Waals surface area contributed by atoms with Crippen molar-refractivity contribution in [3.8, 4) is 5.75 Å². The van der Waals surface area contributed by atoms with Gasteiger partial charge in [-0.25, -0.2) is 4.39 Å². The summed E-state index contributed by atoms with van der Waals surface area (Å²) in [7, 11) is 1.68. The molecule has 172 valence electrons. The number of nitrogens with one attached hydrogen (secondary N) is 2. The van der Waals surface area contributed by atoms with Crippen LogP contribution in [0.15, 0.2) is 53.5 Å². The number of ether oxygens (including phenoxy) is 1. The second-order valence-corrected chi connectivity index (χ2v) is 7.90. The molecule has 0 spiro atoms. The van der Waals surface area contributed by atoms with Crippen molar-refractivity contribution in [1.29, 1.82) is 0 Å². The normalized spacial score (nSPS) is 17.2. The van der Waals surface area contributed by atoms with Crippen LogP contribution in [0.5, 0.6) is 5.75 Å². The van der Waals surface area contributed by atoms with Crippen LogP contribution in [-0.4, -0.2) is 51.2 Å². The van der Waals surface area contributed by atoms with Gasteiger partial charge in [0, 0.05) is 25.7 Å². The fourth-order valence-corrected chi connectivity index (χ4v) is 3.86. The van der Waals surface area contributed by atoms with Gasteiger partial charge in [-0.2, -0.15) is 0 Å². The van der Waals surface area contributed by atoms with Crippen LogP contribution in [-0.2, 0) is 11.2 Å². The molecular weight excluding hydrogens is 409 g/mol. The number of nitrogens with two attached hydrogens (primary N) is 1. The van der Waals surface area contributed by atoms with E-state index >= 15 is 0 Å². The Balaban J connectivity index is 1.62. The SMILES string of the molecule is CCNC(=NCC(Cc1ccc(F)cc1)C(N)=O)NC1CCN(c2ccccc2OC)C1. The predicted molar refractivity (Wildman–Crippen MR) is 126 cm³/mol. The first-order valence-electron chi connectivity index (χ1n) is 11.0. The molecule has 0 saturated carbocycles. The zero-order valence-corrected chi connectivity index (χ0v) is 18.7. The quantitative estimate of drug-likeness (QED) is 0.410. The van der Waals surface area contributed by atoms with Gasteiger partial charge in [-0.1, -0.05) is 24.3 Å². The summed E-state index contributed by atoms with van der Waals surface area (Å²) in [5.74, 6) is 0.324. The number of halogens is 1. The highest BCUT2D eigenvalue weighted by Crippen LogP contribution is 2.30. The molecule has 2 aromatic carbocycles. The van der Waals surface area contributed by atoms with E-state index in [0.29, 0.717) is 18.9 Å². The van der Waals surface area contributed by atoms with Crippen LogP contribution in [0.3, 0.4) is 0 Å². The van der Waals surface area contributed by atoms with Crippen molar-refractivity contribution < 1.29 is 13.9 Å². The van der Waals surface area contributed by atoms with Gasteiger partial charge in [-0.3, -0.25) is 9.79 Å². The number of hydrogen-bond donors (Lipinski definition) is 3. The zero-order chi connectivity index (χ0) is 22.9. The van der Waals surface area contributed by atoms with Crippen LogP contribution in [0.4, 0.5) is 10.1 Å². The first-order chi connectivity index (χ1) is 15.5. The Morgan fingerprint density at radius 3 is 2.72 bits per heavy atom. The molecule has 4 N–H and O–H groups in total. The van der Waals surface area contributed by atoms with Crippen molar-refractivity contribution in [1.82, 2.24) is 10.6 Å². The molecule has 7 nitrogen and oxygen atoms in total. The third kappa shape index (κ3) is 6.35. The van der Waals surface area contributed by atoms with Gasteiger partial charge < -0.3 is 26.0 Å². The Labute approximate surface area is 188 Å². The topological polar surface area (TPSA) is 92.0 Å². The van der Waals surface area contributed by atoms with Crippen LogP contribution >= 0.6 is 0 Å². The van der Waals surface area contributed by atoms with Crippen molar-refractivity contribution in [3.63, 3.8) is 0 Å². The molecule has 2 unspecified atom stereocenters. The second kappa shape index (κ2) is 11.4. The molecule has 1 fully saturated rings. The van der Waals surface area contributed by atoms with Crippen molar-refractivity contribution in [2.45, 2.75) is 25.8 Å². The van der Waals surface area contributed by atoms with Crippen molar-refractivity contribution in [2.75, 3.05) is 38.2 Å². The maximum atomic E-state index is 13.2. The molecule has 1 aliphatic rings. The predicted octanol–water partition coefficient (Wildman–Crippen LogP) is 2.31. The average molecular weight is 442 g/mol. The maximum Gasteiger partial charge on any atom is 0.222 e. The first kappa shape index (κ1) is 23.4. The lowest BCUT2D eigenvalue weighted by atomic mass is 9.99. The van der Waals surface area contributed by atoms with E-state index in [-0.39, 0.29) is 18.4 Å². The monoisotopic (exact) mass is 441 g/mol. The number of para-hydroxylation sites is 2. The van der Waals surface area contributed by atoms with Gasteiger partial charge in [0.05, 0.1) is 25.3 Å². The number of rotatable bonds is 9. The molecule has 1 amide bonds. The molecule has 3 rings (SSSR count). The lowest BCUT2D eigenvalue weighted by Gasteiger charge is -2.22. The Morgan fingerprint density at radius 1 is 1.28 bits per heavy atom. The number of guanidine groups is 1. The van der Waals surface area contributed by atoms with Crippen LogP contribution < -0.4 is 26.0 Å². The highest BCUT2D eigenvalue weighted by molar-refractivity contribution is 5.81. The number of carbonyl (C=O) groups is 1. The summed E-state index contributed by atoms with van der Waals surface area (Å²) in [6, 6.07) is 14.3. The smallest absolute Gasteiger partial charge is 0.222 e. The van der Waals surface area contributed by atoms with E-state index in [1.54, 1.807) is 19.2 Å². The molecule has 0 aromatic heterocycles. The van der Waals surface area contributed by atoms with Crippen LogP contribution in [0.2, 0.25) is 0 Å². The standard InChI is InChI=1S/C24H32FN5O2/c1-3-27-24(28-15-18(23(26)31)14-17-8-10-19(25)11-9-17)29-20-12-13-30(16-20)21-6-4-5-7-22(21)32-2/h4-11,18,20H,3,12-16H2,1-2H3,(H2,26,31)(H2,27,28,29). The van der Waals surface area contributed by atoms with Gasteiger partial charge in [-0.05, 0) is 49.6 Å². The molecule has 0 aliphatic carbocycles. The fourth-order valence-electron chi connectivity index (χ4n) is 3.86. The molecule has 2 atom stereocenters. The Kier molecular flexibility index (Phi) is 8.30. The summed E-state index contributed by atoms with van der Waals surface area (Å²) in [5, 5.41) is 6.72. The van der Waals surface area contributed by atoms with Crippen molar-refractivity contribution in [2.24, 2.45) is 16.6 Å². The summed E-state index contributed by atoms with van der Waals surface area (Å²) in [6.07, 6.45) is 1.38. The second-order valence-electron chi connectivity index (χ2n) is 7.90. The van der Waals surface area contributed by atoms with E-state index in [2.05, 4.69) is 26.6 Å². The zero-order valence-electron chi connectivity index (χ0n) is 18.7. The fraction of sp³-hybridized carbons (Fsp3) is 0.417. The molecule has 2 aromatic rings. The summed E-state index contributed by atoms with van der Waals surface area (Å²) in [4.78, 5) is 18.9. The van der Waals surface area contributed by atoms with Gasteiger partial charge in [0.25, 0.3) is 0 Å². The summed E-state index contributed by atoms with van der Waals surface area (Å²) < 4.78 is 18.6. The van der Waals surface area contributed by atoms with Gasteiger partial charge in [0.1, 0.15) is 11.6 Å². The minimum Gasteiger partial charge on any atom is -0.495 e. The molecule has 32 heavy (non-hydrogen) atoms. The number of amides is 1. The Bertz CT molecular complexity index is 919. The highest BCUT2D eigenvalue weighted by atomic mass is 19.1. The summed E-state index contributed by atoms with van der Waals surface area (Å²) in [6.45, 7) is 4.68. The number of primary amides is 1. The van der Waals surface area contributed by atoms with Crippen LogP contribution in [0.1, 0.15) is 18.9 Å². The Hall–Kier alpha value is -3.29. The number of anilines is 1. The minimum absolute atomic E-state index is 0.210. The molecule has 1 heterocycles. The van der Waals surface area contributed by atoms with Gasteiger partial charge in [0.15, 0.2) is 5.96 Å². The third-order valence-electron chi connectivity index (χ3n) is 5.57. The summed E-state index contributed by atoms with van der Waals surface area (Å²) in [5.41, 5.74) is 7.54. The van der Waals surface area contributed by atoms with Crippen molar-refractivity contribution >= 4 is 17.6 Å². The lowest BCUT2D eigenvalue weighted by Crippen LogP contribution is -2.45. The van der Waals surface area contributed by atoms with E-state index in [1.165, 1.54) is 12.1 Å². The average Bonchev–Trinajstić information content (AvgIpc) is 3.26. The number of hydrogen-bond acceptors (Lipinski definition) is 4. The lowest BCUT2D eigenvalue weighted by molar-refractivity contribution is -0.121. The first-order valence-corrected chi connectivity index (χ1v) is 11.0. The largest absolute Gasteiger partial charge is 0.495 e. The number of benzene rings is 2. The molecule has 1 saturated heterocycles. The van der Waals surface area contributed by atoms with Crippen LogP contribution in [0.25, 0.3) is 0 Å². The molecule has 0 radical (unpaired) electrons. The summed E-state index contributed by atoms with van der Waals surface area (Å²) >= 11 is 0. The van der Waals surface area contributed by atoms with Gasteiger partial charge >= 0.3 is 0 Å². The molecule has 0 bridgehead atoms. The molecule has 1 aliphatic heterocycles. The van der Waals surface area contributed by atoms with E-state index in [0.717, 1.165) is 36.5 Å². The van der Waals surface area contributed by atoms with E-state index in [4.69, 9.17) is 10.5 Å². The molecular formula is C24H32FN5O2. The Morgan fingerprint density at radius 2 is 2.03 bits per heavy atom. The third-order valence-corrected chi connectivity index (χ3v) is 5.57. The number of methoxy groups -OCH3 is 1. The number of carbonyl (C=O) groups excluding carboxylic acids is 1. The van der Waals surface area contributed by atoms with Crippen molar-refractivity contribution in [3.05, 3.63) is 59.9 Å². The van der Waals surface area contributed by atoms with Gasteiger partial charge in [0.2, 0.25) is 5.91 Å². The van der Waals surface area contributed by atoms with Gasteiger partial charge in [-0.15, -0.1) is 0 Å². The molecule has 8 heteroatoms. The minimum atomic E-state index is -0.468. The van der Waals surface area contributed by atoms with Crippen LogP contribution in [0, 0.1) is 11.7 Å². The number of nitrogens with zero attached hydrogens (tertiary/aromatic N) is 2. The highest BCUT2D eigenvalue weighted by Gasteiger charge is 2.25. The number of aliphatic imine (C=N–C) groups is 1.